The maximum absolute atomic E-state index is 12.1. The molecule has 136 valence electrons. The molecular formula is C21H21N5O. The Hall–Kier alpha value is -3.28. The average molecular weight is 359 g/mol. The molecule has 0 bridgehead atoms. The summed E-state index contributed by atoms with van der Waals surface area (Å²) in [4.78, 5) is 12.1. The van der Waals surface area contributed by atoms with Crippen LogP contribution in [0.15, 0.2) is 59.7 Å². The van der Waals surface area contributed by atoms with Crippen LogP contribution < -0.4 is 0 Å². The molecule has 0 saturated heterocycles. The van der Waals surface area contributed by atoms with E-state index in [1.165, 1.54) is 5.56 Å². The number of amides is 1. The third kappa shape index (κ3) is 3.14. The highest BCUT2D eigenvalue weighted by molar-refractivity contribution is 6.02. The standard InChI is InChI=1S/C21H21N5O/c1-14-9-11-18(12-10-14)25-15(2)21(22-24-25)19-13-20(26(23-19)16(3)27)17-7-5-4-6-8-17/h4-12,20H,13H2,1-3H3. The summed E-state index contributed by atoms with van der Waals surface area (Å²) < 4.78 is 1.81. The Morgan fingerprint density at radius 2 is 1.74 bits per heavy atom. The largest absolute Gasteiger partial charge is 0.273 e. The molecule has 1 atom stereocenters. The number of carbonyl (C=O) groups excluding carboxylic acids is 1. The van der Waals surface area contributed by atoms with Crippen LogP contribution in [0.3, 0.4) is 0 Å². The molecule has 4 rings (SSSR count). The minimum Gasteiger partial charge on any atom is -0.273 e. The molecule has 0 saturated carbocycles. The first-order valence-electron chi connectivity index (χ1n) is 8.96. The highest BCUT2D eigenvalue weighted by atomic mass is 16.2. The van der Waals surface area contributed by atoms with Crippen molar-refractivity contribution in [3.05, 3.63) is 77.1 Å². The van der Waals surface area contributed by atoms with E-state index in [9.17, 15) is 4.79 Å². The van der Waals surface area contributed by atoms with Crippen molar-refractivity contribution < 1.29 is 4.79 Å². The Balaban J connectivity index is 1.69. The fourth-order valence-corrected chi connectivity index (χ4v) is 3.41. The maximum atomic E-state index is 12.1. The zero-order valence-electron chi connectivity index (χ0n) is 15.6. The summed E-state index contributed by atoms with van der Waals surface area (Å²) in [5.41, 5.74) is 5.65. The van der Waals surface area contributed by atoms with E-state index in [-0.39, 0.29) is 11.9 Å². The Labute approximate surface area is 158 Å². The lowest BCUT2D eigenvalue weighted by molar-refractivity contribution is -0.130. The summed E-state index contributed by atoms with van der Waals surface area (Å²) in [5, 5.41) is 14.8. The first-order valence-corrected chi connectivity index (χ1v) is 8.96. The lowest BCUT2D eigenvalue weighted by Gasteiger charge is -2.20. The zero-order valence-corrected chi connectivity index (χ0v) is 15.6. The van der Waals surface area contributed by atoms with Crippen LogP contribution in [-0.4, -0.2) is 31.6 Å². The highest BCUT2D eigenvalue weighted by Crippen LogP contribution is 2.33. The predicted molar refractivity (Wildman–Crippen MR) is 104 cm³/mol. The van der Waals surface area contributed by atoms with E-state index in [1.54, 1.807) is 11.9 Å². The first-order chi connectivity index (χ1) is 13.0. The molecule has 0 N–H and O–H groups in total. The van der Waals surface area contributed by atoms with Gasteiger partial charge in [0.1, 0.15) is 5.69 Å². The fraction of sp³-hybridized carbons (Fsp3) is 0.238. The maximum Gasteiger partial charge on any atom is 0.240 e. The quantitative estimate of drug-likeness (QED) is 0.718. The van der Waals surface area contributed by atoms with Gasteiger partial charge in [-0.1, -0.05) is 53.2 Å². The number of carbonyl (C=O) groups is 1. The Morgan fingerprint density at radius 3 is 2.41 bits per heavy atom. The van der Waals surface area contributed by atoms with Crippen LogP contribution in [-0.2, 0) is 4.79 Å². The minimum atomic E-state index is -0.109. The molecule has 0 radical (unpaired) electrons. The van der Waals surface area contributed by atoms with Crippen LogP contribution in [0.4, 0.5) is 0 Å². The van der Waals surface area contributed by atoms with Crippen molar-refractivity contribution in [1.82, 2.24) is 20.0 Å². The third-order valence-corrected chi connectivity index (χ3v) is 4.86. The molecule has 0 fully saturated rings. The third-order valence-electron chi connectivity index (χ3n) is 4.86. The van der Waals surface area contributed by atoms with Crippen LogP contribution in [0.25, 0.3) is 5.69 Å². The second-order valence-electron chi connectivity index (χ2n) is 6.81. The minimum absolute atomic E-state index is 0.0811. The molecule has 6 heteroatoms. The molecular weight excluding hydrogens is 338 g/mol. The molecule has 1 aliphatic heterocycles. The molecule has 2 heterocycles. The van der Waals surface area contributed by atoms with Gasteiger partial charge < -0.3 is 0 Å². The first kappa shape index (κ1) is 17.1. The highest BCUT2D eigenvalue weighted by Gasteiger charge is 2.33. The molecule has 3 aromatic rings. The number of hydrazone groups is 1. The lowest BCUT2D eigenvalue weighted by atomic mass is 10.0. The molecule has 6 nitrogen and oxygen atoms in total. The van der Waals surface area contributed by atoms with Crippen molar-refractivity contribution in [2.24, 2.45) is 5.10 Å². The summed E-state index contributed by atoms with van der Waals surface area (Å²) in [6.07, 6.45) is 0.622. The Kier molecular flexibility index (Phi) is 4.32. The molecule has 2 aromatic carbocycles. The van der Waals surface area contributed by atoms with Gasteiger partial charge in [-0.25, -0.2) is 9.69 Å². The summed E-state index contributed by atoms with van der Waals surface area (Å²) >= 11 is 0. The van der Waals surface area contributed by atoms with Gasteiger partial charge in [-0.05, 0) is 31.5 Å². The number of benzene rings is 2. The number of hydrogen-bond acceptors (Lipinski definition) is 4. The summed E-state index contributed by atoms with van der Waals surface area (Å²) in [5.74, 6) is -0.0811. The summed E-state index contributed by atoms with van der Waals surface area (Å²) in [7, 11) is 0. The van der Waals surface area contributed by atoms with E-state index >= 15 is 0 Å². The van der Waals surface area contributed by atoms with E-state index < -0.39 is 0 Å². The number of aryl methyl sites for hydroxylation is 1. The van der Waals surface area contributed by atoms with Gasteiger partial charge in [0, 0.05) is 13.3 Å². The van der Waals surface area contributed by atoms with E-state index in [4.69, 9.17) is 0 Å². The second kappa shape index (κ2) is 6.79. The molecule has 0 spiro atoms. The van der Waals surface area contributed by atoms with Crippen LogP contribution >= 0.6 is 0 Å². The van der Waals surface area contributed by atoms with Gasteiger partial charge in [-0.2, -0.15) is 5.10 Å². The SMILES string of the molecule is CC(=O)N1N=C(c2nnn(-c3ccc(C)cc3)c2C)CC1c1ccccc1. The van der Waals surface area contributed by atoms with Gasteiger partial charge in [0.25, 0.3) is 0 Å². The van der Waals surface area contributed by atoms with Crippen molar-refractivity contribution in [3.8, 4) is 5.69 Å². The van der Waals surface area contributed by atoms with Gasteiger partial charge >= 0.3 is 0 Å². The van der Waals surface area contributed by atoms with Gasteiger partial charge in [0.15, 0.2) is 0 Å². The van der Waals surface area contributed by atoms with E-state index in [1.807, 2.05) is 66.2 Å². The topological polar surface area (TPSA) is 63.4 Å². The van der Waals surface area contributed by atoms with Crippen molar-refractivity contribution >= 4 is 11.6 Å². The van der Waals surface area contributed by atoms with E-state index in [0.717, 1.165) is 28.4 Å². The number of nitrogens with zero attached hydrogens (tertiary/aromatic N) is 5. The summed E-state index contributed by atoms with van der Waals surface area (Å²) in [6.45, 7) is 5.57. The van der Waals surface area contributed by atoms with Crippen LogP contribution in [0.1, 0.15) is 41.9 Å². The van der Waals surface area contributed by atoms with Crippen LogP contribution in [0, 0.1) is 13.8 Å². The monoisotopic (exact) mass is 359 g/mol. The zero-order chi connectivity index (χ0) is 19.0. The lowest BCUT2D eigenvalue weighted by Crippen LogP contribution is -2.24. The number of hydrogen-bond donors (Lipinski definition) is 0. The molecule has 1 amide bonds. The van der Waals surface area contributed by atoms with Gasteiger partial charge in [-0.3, -0.25) is 4.79 Å². The van der Waals surface area contributed by atoms with E-state index in [2.05, 4.69) is 22.3 Å². The van der Waals surface area contributed by atoms with Crippen LogP contribution in [0.2, 0.25) is 0 Å². The van der Waals surface area contributed by atoms with E-state index in [0.29, 0.717) is 6.42 Å². The number of aromatic nitrogens is 3. The molecule has 0 aliphatic carbocycles. The van der Waals surface area contributed by atoms with Crippen molar-refractivity contribution in [3.63, 3.8) is 0 Å². The van der Waals surface area contributed by atoms with Gasteiger partial charge in [0.05, 0.1) is 23.1 Å². The Bertz CT molecular complexity index is 1000. The van der Waals surface area contributed by atoms with Gasteiger partial charge in [-0.15, -0.1) is 5.10 Å². The van der Waals surface area contributed by atoms with Crippen molar-refractivity contribution in [1.29, 1.82) is 0 Å². The Morgan fingerprint density at radius 1 is 1.04 bits per heavy atom. The molecule has 1 aliphatic rings. The second-order valence-corrected chi connectivity index (χ2v) is 6.81. The number of rotatable bonds is 3. The average Bonchev–Trinajstić information content (AvgIpc) is 3.27. The normalized spacial score (nSPS) is 16.5. The predicted octanol–water partition coefficient (Wildman–Crippen LogP) is 3.58. The molecule has 1 unspecified atom stereocenters. The van der Waals surface area contributed by atoms with Crippen LogP contribution in [0.5, 0.6) is 0 Å². The van der Waals surface area contributed by atoms with Gasteiger partial charge in [0.2, 0.25) is 5.91 Å². The molecule has 1 aromatic heterocycles. The van der Waals surface area contributed by atoms with Crippen molar-refractivity contribution in [2.45, 2.75) is 33.2 Å². The molecule has 27 heavy (non-hydrogen) atoms. The van der Waals surface area contributed by atoms with Crippen molar-refractivity contribution in [2.75, 3.05) is 0 Å². The fourth-order valence-electron chi connectivity index (χ4n) is 3.41. The summed E-state index contributed by atoms with van der Waals surface area (Å²) in [6, 6.07) is 18.0. The smallest absolute Gasteiger partial charge is 0.240 e.